The zero-order valence-corrected chi connectivity index (χ0v) is 36.6. The number of aromatic amines is 1. The minimum atomic E-state index is -1.05. The molecule has 6 N–H and O–H groups in total. The first-order valence-electron chi connectivity index (χ1n) is 22.5. The summed E-state index contributed by atoms with van der Waals surface area (Å²) >= 11 is 0. The largest absolute Gasteiger partial charge is 0.384 e. The molecular weight excluding hydrogens is 867 g/mol. The molecule has 1 unspecified atom stereocenters. The molecule has 4 aliphatic heterocycles. The van der Waals surface area contributed by atoms with Crippen molar-refractivity contribution in [3.05, 3.63) is 112 Å². The van der Waals surface area contributed by atoms with Crippen molar-refractivity contribution in [1.29, 1.82) is 0 Å². The van der Waals surface area contributed by atoms with Crippen molar-refractivity contribution in [2.75, 3.05) is 79.9 Å². The van der Waals surface area contributed by atoms with Crippen molar-refractivity contribution in [3.8, 4) is 0 Å². The van der Waals surface area contributed by atoms with Crippen molar-refractivity contribution >= 4 is 69.2 Å². The van der Waals surface area contributed by atoms with Crippen molar-refractivity contribution in [1.82, 2.24) is 30.6 Å². The molecule has 19 heteroatoms. The number of hydrogen-bond donors (Lipinski definition) is 6. The summed E-state index contributed by atoms with van der Waals surface area (Å²) in [5.74, 6) is -3.69. The molecule has 1 atom stereocenters. The molecule has 5 aromatic rings. The van der Waals surface area contributed by atoms with Crippen LogP contribution < -0.4 is 31.5 Å². The van der Waals surface area contributed by atoms with E-state index in [4.69, 9.17) is 4.74 Å². The average molecular weight is 917 g/mol. The first-order valence-corrected chi connectivity index (χ1v) is 22.5. The van der Waals surface area contributed by atoms with E-state index in [0.717, 1.165) is 35.1 Å². The third-order valence-electron chi connectivity index (χ3n) is 12.6. The van der Waals surface area contributed by atoms with Gasteiger partial charge >= 0.3 is 0 Å². The van der Waals surface area contributed by atoms with E-state index in [2.05, 4.69) is 46.6 Å². The molecule has 0 bridgehead atoms. The van der Waals surface area contributed by atoms with Gasteiger partial charge in [0.1, 0.15) is 17.7 Å². The second-order valence-electron chi connectivity index (χ2n) is 17.2. The van der Waals surface area contributed by atoms with E-state index in [9.17, 15) is 37.5 Å². The number of fused-ring (bicyclic) bond motifs is 2. The smallest absolute Gasteiger partial charge is 0.264 e. The highest BCUT2D eigenvalue weighted by atomic mass is 19.1. The lowest BCUT2D eigenvalue weighted by Crippen LogP contribution is -2.54. The number of ether oxygens (including phenoxy) is 1. The number of rotatable bonds is 15. The van der Waals surface area contributed by atoms with E-state index in [0.29, 0.717) is 98.1 Å². The van der Waals surface area contributed by atoms with Gasteiger partial charge in [0.25, 0.3) is 17.7 Å². The fourth-order valence-electron chi connectivity index (χ4n) is 9.12. The van der Waals surface area contributed by atoms with Gasteiger partial charge in [0.05, 0.1) is 28.8 Å². The van der Waals surface area contributed by atoms with E-state index in [1.54, 1.807) is 24.3 Å². The zero-order chi connectivity index (χ0) is 46.6. The number of hydrogen-bond acceptors (Lipinski definition) is 12. The van der Waals surface area contributed by atoms with Gasteiger partial charge in [-0.25, -0.2) is 8.78 Å². The van der Waals surface area contributed by atoms with Crippen LogP contribution in [0.15, 0.2) is 72.8 Å². The second kappa shape index (κ2) is 19.7. The number of aromatic nitrogens is 2. The fourth-order valence-corrected chi connectivity index (χ4v) is 9.12. The Balaban J connectivity index is 0.771. The lowest BCUT2D eigenvalue weighted by molar-refractivity contribution is -0.136. The van der Waals surface area contributed by atoms with Crippen molar-refractivity contribution in [2.24, 2.45) is 0 Å². The molecular formula is C48H50F2N10O7. The molecule has 6 amide bonds. The third kappa shape index (κ3) is 10.1. The first-order chi connectivity index (χ1) is 32.5. The molecule has 17 nitrogen and oxygen atoms in total. The number of H-pyrrole nitrogens is 1. The van der Waals surface area contributed by atoms with Crippen LogP contribution in [0.1, 0.15) is 74.3 Å². The predicted octanol–water partition coefficient (Wildman–Crippen LogP) is 4.42. The monoisotopic (exact) mass is 916 g/mol. The van der Waals surface area contributed by atoms with E-state index in [1.807, 2.05) is 30.3 Å². The highest BCUT2D eigenvalue weighted by Gasteiger charge is 2.45. The van der Waals surface area contributed by atoms with Gasteiger partial charge in [0.15, 0.2) is 5.82 Å². The number of anilines is 4. The first kappa shape index (κ1) is 44.9. The standard InChI is InChI=1S/C48H50F2N10O7/c49-30-22-29(23-31(50)25-30)21-28-5-8-37-36(24-28)44(57-56-37)55-45(63)34-7-6-33(26-39(34)53-32-11-19-67-20-12-32)59-17-15-58(16-18-59)27-42(62)52-14-2-13-51-38-4-1-3-35-43(38)48(66)60(47(35)65)40-9-10-41(61)54-46(40)64/h1,3-8,22-26,32,40,51,53H,2,9-21,27H2,(H,52,62)(H,54,61,64)(H2,55,56,57,63). The predicted molar refractivity (Wildman–Crippen MR) is 245 cm³/mol. The van der Waals surface area contributed by atoms with Gasteiger partial charge in [-0.05, 0) is 97.8 Å². The van der Waals surface area contributed by atoms with Crippen LogP contribution in [0.5, 0.6) is 0 Å². The SMILES string of the molecule is O=C(CN1CCN(c2ccc(C(=O)Nc3n[nH]c4ccc(Cc5cc(F)cc(F)c5)cc34)c(NC3CCOCC3)c2)CC1)NCCCNc1cccc2c1C(=O)N(C1CCC(=O)NC1=O)C2=O. The van der Waals surface area contributed by atoms with Gasteiger partial charge in [0, 0.05) is 93.5 Å². The summed E-state index contributed by atoms with van der Waals surface area (Å²) < 4.78 is 33.4. The molecule has 67 heavy (non-hydrogen) atoms. The lowest BCUT2D eigenvalue weighted by atomic mass is 10.0. The molecule has 348 valence electrons. The molecule has 0 saturated carbocycles. The number of piperazine rings is 1. The average Bonchev–Trinajstić information content (AvgIpc) is 3.82. The minimum Gasteiger partial charge on any atom is -0.384 e. The highest BCUT2D eigenvalue weighted by Crippen LogP contribution is 2.33. The summed E-state index contributed by atoms with van der Waals surface area (Å²) in [6, 6.07) is 18.6. The van der Waals surface area contributed by atoms with Gasteiger partial charge in [-0.15, -0.1) is 0 Å². The number of carbonyl (C=O) groups is 6. The van der Waals surface area contributed by atoms with E-state index in [-0.39, 0.29) is 54.8 Å². The van der Waals surface area contributed by atoms with E-state index < -0.39 is 41.3 Å². The van der Waals surface area contributed by atoms with Crippen LogP contribution in [0.2, 0.25) is 0 Å². The molecule has 3 saturated heterocycles. The van der Waals surface area contributed by atoms with Gasteiger partial charge in [-0.3, -0.25) is 49.0 Å². The number of benzene rings is 4. The maximum Gasteiger partial charge on any atom is 0.264 e. The summed E-state index contributed by atoms with van der Waals surface area (Å²) in [6.45, 7) is 4.85. The third-order valence-corrected chi connectivity index (χ3v) is 12.6. The molecule has 0 radical (unpaired) electrons. The molecule has 0 spiro atoms. The summed E-state index contributed by atoms with van der Waals surface area (Å²) in [7, 11) is 0. The van der Waals surface area contributed by atoms with Gasteiger partial charge in [-0.2, -0.15) is 5.10 Å². The Morgan fingerprint density at radius 1 is 0.821 bits per heavy atom. The lowest BCUT2D eigenvalue weighted by Gasteiger charge is -2.36. The minimum absolute atomic E-state index is 0.0387. The van der Waals surface area contributed by atoms with Gasteiger partial charge < -0.3 is 30.9 Å². The quantitative estimate of drug-likeness (QED) is 0.0638. The second-order valence-corrected chi connectivity index (χ2v) is 17.2. The van der Waals surface area contributed by atoms with Gasteiger partial charge in [0.2, 0.25) is 17.7 Å². The number of carbonyl (C=O) groups excluding carboxylic acids is 6. The van der Waals surface area contributed by atoms with Gasteiger partial charge in [-0.1, -0.05) is 12.1 Å². The zero-order valence-electron chi connectivity index (χ0n) is 36.6. The Labute approximate surface area is 383 Å². The molecule has 1 aromatic heterocycles. The number of nitrogens with one attached hydrogen (secondary N) is 6. The van der Waals surface area contributed by atoms with Crippen LogP contribution in [0.3, 0.4) is 0 Å². The molecule has 5 heterocycles. The number of nitrogens with zero attached hydrogens (tertiary/aromatic N) is 4. The molecule has 3 fully saturated rings. The van der Waals surface area contributed by atoms with Crippen LogP contribution in [-0.2, 0) is 25.5 Å². The Kier molecular flexibility index (Phi) is 13.2. The normalized spacial score (nSPS) is 18.0. The number of piperidine rings is 1. The van der Waals surface area contributed by atoms with Crippen molar-refractivity contribution in [3.63, 3.8) is 0 Å². The van der Waals surface area contributed by atoms with Crippen molar-refractivity contribution in [2.45, 2.75) is 50.6 Å². The number of halogens is 2. The van der Waals surface area contributed by atoms with Crippen LogP contribution in [0.25, 0.3) is 10.9 Å². The summed E-state index contributed by atoms with van der Waals surface area (Å²) in [6.07, 6.45) is 2.52. The van der Waals surface area contributed by atoms with Crippen LogP contribution in [0.4, 0.5) is 31.7 Å². The Morgan fingerprint density at radius 2 is 1.61 bits per heavy atom. The topological polar surface area (TPSA) is 210 Å². The summed E-state index contributed by atoms with van der Waals surface area (Å²) in [5, 5.41) is 22.9. The maximum absolute atomic E-state index is 14.0. The molecule has 9 rings (SSSR count). The Bertz CT molecular complexity index is 2730. The molecule has 0 aliphatic carbocycles. The molecule has 4 aromatic carbocycles. The summed E-state index contributed by atoms with van der Waals surface area (Å²) in [4.78, 5) is 82.9. The number of amides is 6. The van der Waals surface area contributed by atoms with Crippen LogP contribution >= 0.6 is 0 Å². The van der Waals surface area contributed by atoms with Crippen LogP contribution in [-0.4, -0.2) is 127 Å². The highest BCUT2D eigenvalue weighted by molar-refractivity contribution is 6.25. The van der Waals surface area contributed by atoms with E-state index in [1.165, 1.54) is 12.1 Å². The number of imide groups is 2. The Hall–Kier alpha value is -7.25. The fraction of sp³-hybridized carbons (Fsp3) is 0.354. The molecule has 4 aliphatic rings. The Morgan fingerprint density at radius 3 is 2.39 bits per heavy atom. The van der Waals surface area contributed by atoms with E-state index >= 15 is 0 Å². The summed E-state index contributed by atoms with van der Waals surface area (Å²) in [5.41, 5.74) is 4.86. The van der Waals surface area contributed by atoms with Crippen molar-refractivity contribution < 1.29 is 42.3 Å². The maximum atomic E-state index is 14.0. The van der Waals surface area contributed by atoms with Crippen LogP contribution in [0, 0.1) is 11.6 Å².